The summed E-state index contributed by atoms with van der Waals surface area (Å²) in [7, 11) is 0. The smallest absolute Gasteiger partial charge is 0.222 e. The Kier molecular flexibility index (Phi) is 3.38. The molecule has 0 radical (unpaired) electrons. The molecule has 1 aromatic heterocycles. The van der Waals surface area contributed by atoms with Crippen molar-refractivity contribution in [2.75, 3.05) is 11.1 Å². The first kappa shape index (κ1) is 13.3. The number of aromatic nitrogens is 2. The summed E-state index contributed by atoms with van der Waals surface area (Å²) < 4.78 is 13.6. The van der Waals surface area contributed by atoms with Gasteiger partial charge in [-0.3, -0.25) is 0 Å². The predicted molar refractivity (Wildman–Crippen MR) is 74.8 cm³/mol. The molecule has 3 N–H and O–H groups in total. The highest BCUT2D eigenvalue weighted by atomic mass is 19.1. The quantitative estimate of drug-likeness (QED) is 0.870. The Morgan fingerprint density at radius 1 is 1.21 bits per heavy atom. The Morgan fingerprint density at radius 2 is 1.89 bits per heavy atom. The fraction of sp³-hybridized carbons (Fsp3) is 0.286. The van der Waals surface area contributed by atoms with Crippen molar-refractivity contribution in [3.63, 3.8) is 0 Å². The summed E-state index contributed by atoms with van der Waals surface area (Å²) in [5.41, 5.74) is 7.31. The third-order valence-corrected chi connectivity index (χ3v) is 2.75. The van der Waals surface area contributed by atoms with E-state index in [2.05, 4.69) is 36.1 Å². The number of hydrogen-bond acceptors (Lipinski definition) is 4. The molecule has 2 rings (SSSR count). The number of para-hydroxylation sites is 1. The van der Waals surface area contributed by atoms with Gasteiger partial charge in [-0.05, 0) is 17.0 Å². The van der Waals surface area contributed by atoms with Crippen LogP contribution in [0.5, 0.6) is 0 Å². The van der Waals surface area contributed by atoms with Crippen LogP contribution in [0.15, 0.2) is 30.5 Å². The monoisotopic (exact) mass is 260 g/mol. The van der Waals surface area contributed by atoms with Crippen LogP contribution in [0.25, 0.3) is 0 Å². The van der Waals surface area contributed by atoms with Crippen molar-refractivity contribution in [3.05, 3.63) is 41.8 Å². The van der Waals surface area contributed by atoms with Gasteiger partial charge >= 0.3 is 0 Å². The normalized spacial score (nSPS) is 11.4. The van der Waals surface area contributed by atoms with Crippen molar-refractivity contribution in [3.8, 4) is 0 Å². The Morgan fingerprint density at radius 3 is 2.58 bits per heavy atom. The van der Waals surface area contributed by atoms with Crippen molar-refractivity contribution < 1.29 is 4.39 Å². The van der Waals surface area contributed by atoms with E-state index in [1.165, 1.54) is 0 Å². The first-order valence-corrected chi connectivity index (χ1v) is 6.02. The van der Waals surface area contributed by atoms with E-state index in [1.54, 1.807) is 0 Å². The van der Waals surface area contributed by atoms with Crippen LogP contribution >= 0.6 is 0 Å². The van der Waals surface area contributed by atoms with Crippen LogP contribution < -0.4 is 11.1 Å². The molecule has 0 bridgehead atoms. The summed E-state index contributed by atoms with van der Waals surface area (Å²) >= 11 is 0. The van der Waals surface area contributed by atoms with Crippen LogP contribution in [0, 0.1) is 5.82 Å². The highest BCUT2D eigenvalue weighted by Crippen LogP contribution is 2.31. The molecule has 0 aliphatic rings. The van der Waals surface area contributed by atoms with E-state index in [0.29, 0.717) is 0 Å². The number of nitrogens with one attached hydrogen (secondary N) is 1. The Bertz CT molecular complexity index is 590. The predicted octanol–water partition coefficient (Wildman–Crippen LogP) is 3.24. The fourth-order valence-electron chi connectivity index (χ4n) is 1.84. The maximum atomic E-state index is 13.6. The summed E-state index contributed by atoms with van der Waals surface area (Å²) in [4.78, 5) is 7.48. The Balaban J connectivity index is 2.41. The highest BCUT2D eigenvalue weighted by molar-refractivity contribution is 5.63. The van der Waals surface area contributed by atoms with Crippen molar-refractivity contribution in [2.45, 2.75) is 26.2 Å². The van der Waals surface area contributed by atoms with Gasteiger partial charge in [-0.1, -0.05) is 39.0 Å². The van der Waals surface area contributed by atoms with E-state index in [0.717, 1.165) is 17.4 Å². The van der Waals surface area contributed by atoms with Crippen LogP contribution in [0.3, 0.4) is 0 Å². The third kappa shape index (κ3) is 2.99. The summed E-state index contributed by atoms with van der Waals surface area (Å²) in [6.45, 7) is 6.29. The molecule has 4 nitrogen and oxygen atoms in total. The van der Waals surface area contributed by atoms with E-state index in [1.807, 2.05) is 24.3 Å². The molecule has 0 unspecified atom stereocenters. The molecule has 0 fully saturated rings. The highest BCUT2D eigenvalue weighted by Gasteiger charge is 2.18. The number of benzene rings is 1. The number of halogens is 1. The molecule has 0 atom stereocenters. The SMILES string of the molecule is CC(C)(C)c1ccccc1Nc1nc(N)ncc1F. The summed E-state index contributed by atoms with van der Waals surface area (Å²) in [6.07, 6.45) is 1.06. The van der Waals surface area contributed by atoms with Gasteiger partial charge in [-0.2, -0.15) is 4.98 Å². The lowest BCUT2D eigenvalue weighted by Gasteiger charge is -2.23. The van der Waals surface area contributed by atoms with Gasteiger partial charge < -0.3 is 11.1 Å². The van der Waals surface area contributed by atoms with Gasteiger partial charge in [-0.25, -0.2) is 9.37 Å². The number of anilines is 3. The standard InChI is InChI=1S/C14H17FN4/c1-14(2,3)9-6-4-5-7-11(9)18-12-10(15)8-17-13(16)19-12/h4-8H,1-3H3,(H3,16,17,18,19). The molecule has 0 amide bonds. The lowest BCUT2D eigenvalue weighted by molar-refractivity contribution is 0.591. The zero-order chi connectivity index (χ0) is 14.0. The maximum Gasteiger partial charge on any atom is 0.222 e. The minimum atomic E-state index is -0.530. The average Bonchev–Trinajstić information content (AvgIpc) is 2.33. The average molecular weight is 260 g/mol. The molecule has 0 spiro atoms. The van der Waals surface area contributed by atoms with E-state index in [-0.39, 0.29) is 17.2 Å². The van der Waals surface area contributed by atoms with Crippen molar-refractivity contribution in [1.82, 2.24) is 9.97 Å². The van der Waals surface area contributed by atoms with Gasteiger partial charge in [0, 0.05) is 5.69 Å². The van der Waals surface area contributed by atoms with Crippen molar-refractivity contribution >= 4 is 17.5 Å². The molecule has 0 aliphatic carbocycles. The number of rotatable bonds is 2. The molecule has 5 heteroatoms. The third-order valence-electron chi connectivity index (χ3n) is 2.75. The largest absolute Gasteiger partial charge is 0.368 e. The number of hydrogen-bond donors (Lipinski definition) is 2. The van der Waals surface area contributed by atoms with Gasteiger partial charge in [0.05, 0.1) is 6.20 Å². The molecule has 1 aromatic carbocycles. The number of nitrogen functional groups attached to an aromatic ring is 1. The molecule has 1 heterocycles. The van der Waals surface area contributed by atoms with Crippen LogP contribution in [0.1, 0.15) is 26.3 Å². The van der Waals surface area contributed by atoms with Crippen LogP contribution in [0.2, 0.25) is 0 Å². The van der Waals surface area contributed by atoms with E-state index >= 15 is 0 Å². The second kappa shape index (κ2) is 4.84. The zero-order valence-electron chi connectivity index (χ0n) is 11.2. The van der Waals surface area contributed by atoms with Crippen molar-refractivity contribution in [1.29, 1.82) is 0 Å². The summed E-state index contributed by atoms with van der Waals surface area (Å²) in [5.74, 6) is -0.403. The molecule has 0 aliphatic heterocycles. The molecule has 2 aromatic rings. The summed E-state index contributed by atoms with van der Waals surface area (Å²) in [5, 5.41) is 2.98. The second-order valence-electron chi connectivity index (χ2n) is 5.35. The van der Waals surface area contributed by atoms with E-state index < -0.39 is 5.82 Å². The first-order chi connectivity index (χ1) is 8.88. The van der Waals surface area contributed by atoms with Crippen LogP contribution in [-0.4, -0.2) is 9.97 Å². The second-order valence-corrected chi connectivity index (χ2v) is 5.35. The zero-order valence-corrected chi connectivity index (χ0v) is 11.2. The minimum Gasteiger partial charge on any atom is -0.368 e. The Hall–Kier alpha value is -2.17. The number of nitrogens with zero attached hydrogens (tertiary/aromatic N) is 2. The molecule has 0 saturated carbocycles. The van der Waals surface area contributed by atoms with Gasteiger partial charge in [0.25, 0.3) is 0 Å². The van der Waals surface area contributed by atoms with Gasteiger partial charge in [0.2, 0.25) is 5.95 Å². The van der Waals surface area contributed by atoms with E-state index in [9.17, 15) is 4.39 Å². The Labute approximate surface area is 111 Å². The molecule has 0 saturated heterocycles. The fourth-order valence-corrected chi connectivity index (χ4v) is 1.84. The van der Waals surface area contributed by atoms with Gasteiger partial charge in [0.1, 0.15) is 0 Å². The van der Waals surface area contributed by atoms with Crippen LogP contribution in [0.4, 0.5) is 21.8 Å². The lowest BCUT2D eigenvalue weighted by atomic mass is 9.86. The maximum absolute atomic E-state index is 13.6. The molecule has 19 heavy (non-hydrogen) atoms. The first-order valence-electron chi connectivity index (χ1n) is 6.02. The number of nitrogens with two attached hydrogens (primary N) is 1. The van der Waals surface area contributed by atoms with Crippen molar-refractivity contribution in [2.24, 2.45) is 0 Å². The lowest BCUT2D eigenvalue weighted by Crippen LogP contribution is -2.14. The minimum absolute atomic E-state index is 0.0390. The van der Waals surface area contributed by atoms with Crippen LogP contribution in [-0.2, 0) is 5.41 Å². The molecular weight excluding hydrogens is 243 g/mol. The van der Waals surface area contributed by atoms with Gasteiger partial charge in [-0.15, -0.1) is 0 Å². The van der Waals surface area contributed by atoms with Gasteiger partial charge in [0.15, 0.2) is 11.6 Å². The molecule has 100 valence electrons. The summed E-state index contributed by atoms with van der Waals surface area (Å²) in [6, 6.07) is 7.74. The topological polar surface area (TPSA) is 63.8 Å². The van der Waals surface area contributed by atoms with E-state index in [4.69, 9.17) is 5.73 Å². The molecular formula is C14H17FN4.